The van der Waals surface area contributed by atoms with Crippen LogP contribution in [0.25, 0.3) is 0 Å². The van der Waals surface area contributed by atoms with Crippen LogP contribution in [-0.4, -0.2) is 27.2 Å². The minimum atomic E-state index is -4.50. The number of nitrogens with zero attached hydrogens (tertiary/aromatic N) is 5. The molecule has 0 radical (unpaired) electrons. The number of anilines is 3. The van der Waals surface area contributed by atoms with Crippen LogP contribution in [0.1, 0.15) is 16.8 Å². The predicted octanol–water partition coefficient (Wildman–Crippen LogP) is 3.52. The largest absolute Gasteiger partial charge is 0.418 e. The summed E-state index contributed by atoms with van der Waals surface area (Å²) in [7, 11) is 1.48. The van der Waals surface area contributed by atoms with Crippen molar-refractivity contribution in [1.29, 1.82) is 0 Å². The summed E-state index contributed by atoms with van der Waals surface area (Å²) in [6.45, 7) is 0.730. The fourth-order valence-corrected chi connectivity index (χ4v) is 3.39. The maximum atomic E-state index is 13.3. The molecule has 0 spiro atoms. The summed E-state index contributed by atoms with van der Waals surface area (Å²) >= 11 is 6.06. The van der Waals surface area contributed by atoms with Crippen LogP contribution in [0, 0.1) is 0 Å². The highest BCUT2D eigenvalue weighted by Crippen LogP contribution is 2.38. The number of hydrogen-bond acceptors (Lipinski definition) is 6. The van der Waals surface area contributed by atoms with E-state index in [4.69, 9.17) is 11.6 Å². The van der Waals surface area contributed by atoms with Gasteiger partial charge in [-0.15, -0.1) is 0 Å². The maximum absolute atomic E-state index is 13.3. The summed E-state index contributed by atoms with van der Waals surface area (Å²) < 4.78 is 40.0. The molecule has 0 aliphatic carbocycles. The van der Waals surface area contributed by atoms with E-state index in [-0.39, 0.29) is 16.7 Å². The van der Waals surface area contributed by atoms with E-state index in [2.05, 4.69) is 20.2 Å². The average Bonchev–Trinajstić information content (AvgIpc) is 3.12. The van der Waals surface area contributed by atoms with Gasteiger partial charge in [-0.3, -0.25) is 4.79 Å². The van der Waals surface area contributed by atoms with Gasteiger partial charge >= 0.3 is 6.18 Å². The van der Waals surface area contributed by atoms with Crippen molar-refractivity contribution in [3.63, 3.8) is 0 Å². The molecule has 2 aromatic heterocycles. The Hall–Kier alpha value is -3.14. The second kappa shape index (κ2) is 7.03. The van der Waals surface area contributed by atoms with Crippen LogP contribution in [0.2, 0.25) is 5.02 Å². The molecule has 4 rings (SSSR count). The Morgan fingerprint density at radius 3 is 2.72 bits per heavy atom. The van der Waals surface area contributed by atoms with Gasteiger partial charge in [0.15, 0.2) is 0 Å². The van der Waals surface area contributed by atoms with E-state index in [0.717, 1.165) is 11.6 Å². The minimum Gasteiger partial charge on any atom is -0.358 e. The lowest BCUT2D eigenvalue weighted by atomic mass is 10.1. The average molecular weight is 423 g/mol. The predicted molar refractivity (Wildman–Crippen MR) is 101 cm³/mol. The summed E-state index contributed by atoms with van der Waals surface area (Å²) in [5, 5.41) is 6.02. The molecule has 0 amide bonds. The topological polar surface area (TPSA) is 78.0 Å². The molecule has 1 aromatic carbocycles. The zero-order valence-corrected chi connectivity index (χ0v) is 15.8. The molecule has 1 aliphatic heterocycles. The van der Waals surface area contributed by atoms with E-state index in [1.165, 1.54) is 36.3 Å². The lowest BCUT2D eigenvalue weighted by Crippen LogP contribution is -2.20. The molecule has 0 atom stereocenters. The second-order valence-electron chi connectivity index (χ2n) is 6.47. The smallest absolute Gasteiger partial charge is 0.358 e. The molecule has 7 nitrogen and oxygen atoms in total. The van der Waals surface area contributed by atoms with Crippen LogP contribution in [0.5, 0.6) is 0 Å². The molecule has 0 fully saturated rings. The molecule has 29 heavy (non-hydrogen) atoms. The van der Waals surface area contributed by atoms with Gasteiger partial charge in [-0.05, 0) is 12.1 Å². The summed E-state index contributed by atoms with van der Waals surface area (Å²) in [5.41, 5.74) is 0.567. The molecule has 0 unspecified atom stereocenters. The number of para-hydroxylation sites is 1. The van der Waals surface area contributed by atoms with Gasteiger partial charge in [0.25, 0.3) is 5.56 Å². The molecule has 0 saturated heterocycles. The quantitative estimate of drug-likeness (QED) is 0.696. The number of nitrogens with one attached hydrogen (secondary N) is 1. The van der Waals surface area contributed by atoms with Crippen molar-refractivity contribution in [1.82, 2.24) is 20.2 Å². The molecule has 0 bridgehead atoms. The van der Waals surface area contributed by atoms with Crippen molar-refractivity contribution in [2.45, 2.75) is 19.3 Å². The molecule has 1 aliphatic rings. The fourth-order valence-electron chi connectivity index (χ4n) is 3.18. The van der Waals surface area contributed by atoms with Crippen LogP contribution in [-0.2, 0) is 19.3 Å². The van der Waals surface area contributed by atoms with E-state index in [0.29, 0.717) is 24.5 Å². The van der Waals surface area contributed by atoms with E-state index in [9.17, 15) is 18.0 Å². The van der Waals surface area contributed by atoms with Gasteiger partial charge in [-0.1, -0.05) is 23.7 Å². The first-order valence-corrected chi connectivity index (χ1v) is 8.86. The Bertz CT molecular complexity index is 1130. The van der Waals surface area contributed by atoms with Crippen LogP contribution in [0.15, 0.2) is 41.5 Å². The molecular formula is C18H14ClF3N6O. The SMILES string of the molecule is CN(c1ncc2c(n1)CN(c1cn[nH]c(=O)c1Cl)C2)c1ccccc1C(F)(F)F. The number of H-pyrrole nitrogens is 1. The van der Waals surface area contributed by atoms with Crippen molar-refractivity contribution in [3.05, 3.63) is 68.9 Å². The van der Waals surface area contributed by atoms with Gasteiger partial charge in [0, 0.05) is 25.4 Å². The first kappa shape index (κ1) is 19.2. The zero-order valence-electron chi connectivity index (χ0n) is 15.0. The van der Waals surface area contributed by atoms with Crippen LogP contribution in [0.4, 0.5) is 30.5 Å². The highest BCUT2D eigenvalue weighted by molar-refractivity contribution is 6.33. The van der Waals surface area contributed by atoms with E-state index < -0.39 is 17.3 Å². The molecule has 3 aromatic rings. The second-order valence-corrected chi connectivity index (χ2v) is 6.85. The number of alkyl halides is 3. The van der Waals surface area contributed by atoms with Crippen LogP contribution >= 0.6 is 11.6 Å². The van der Waals surface area contributed by atoms with Crippen molar-refractivity contribution in [3.8, 4) is 0 Å². The number of halogens is 4. The Morgan fingerprint density at radius 1 is 1.21 bits per heavy atom. The third-order valence-electron chi connectivity index (χ3n) is 4.63. The lowest BCUT2D eigenvalue weighted by molar-refractivity contribution is -0.137. The number of aromatic nitrogens is 4. The van der Waals surface area contributed by atoms with E-state index in [1.807, 2.05) is 0 Å². The van der Waals surface area contributed by atoms with Gasteiger partial charge in [0.05, 0.1) is 35.4 Å². The number of aromatic amines is 1. The highest BCUT2D eigenvalue weighted by Gasteiger charge is 2.35. The van der Waals surface area contributed by atoms with Crippen LogP contribution < -0.4 is 15.4 Å². The molecule has 1 N–H and O–H groups in total. The summed E-state index contributed by atoms with van der Waals surface area (Å²) in [5.74, 6) is 0.137. The van der Waals surface area contributed by atoms with Gasteiger partial charge in [0.1, 0.15) is 5.02 Å². The Labute approximate surface area is 167 Å². The number of benzene rings is 1. The van der Waals surface area contributed by atoms with Gasteiger partial charge in [0.2, 0.25) is 5.95 Å². The van der Waals surface area contributed by atoms with Crippen molar-refractivity contribution >= 4 is 28.9 Å². The van der Waals surface area contributed by atoms with E-state index in [1.54, 1.807) is 11.1 Å². The van der Waals surface area contributed by atoms with Crippen molar-refractivity contribution < 1.29 is 13.2 Å². The normalized spacial score (nSPS) is 13.5. The van der Waals surface area contributed by atoms with E-state index >= 15 is 0 Å². The number of hydrogen-bond donors (Lipinski definition) is 1. The van der Waals surface area contributed by atoms with Gasteiger partial charge in [-0.25, -0.2) is 15.1 Å². The zero-order chi connectivity index (χ0) is 20.8. The minimum absolute atomic E-state index is 0.0113. The molecule has 11 heteroatoms. The van der Waals surface area contributed by atoms with Crippen LogP contribution in [0.3, 0.4) is 0 Å². The number of rotatable bonds is 3. The molecule has 150 valence electrons. The third kappa shape index (κ3) is 3.51. The molecular weight excluding hydrogens is 409 g/mol. The fraction of sp³-hybridized carbons (Fsp3) is 0.222. The molecule has 0 saturated carbocycles. The first-order valence-electron chi connectivity index (χ1n) is 8.48. The highest BCUT2D eigenvalue weighted by atomic mass is 35.5. The summed E-state index contributed by atoms with van der Waals surface area (Å²) in [6.07, 6.45) is -1.49. The third-order valence-corrected chi connectivity index (χ3v) is 5.00. The summed E-state index contributed by atoms with van der Waals surface area (Å²) in [4.78, 5) is 23.4. The van der Waals surface area contributed by atoms with Gasteiger partial charge in [-0.2, -0.15) is 18.3 Å². The first-order chi connectivity index (χ1) is 13.8. The van der Waals surface area contributed by atoms with Crippen molar-refractivity contribution in [2.75, 3.05) is 16.8 Å². The Morgan fingerprint density at radius 2 is 1.97 bits per heavy atom. The monoisotopic (exact) mass is 422 g/mol. The summed E-state index contributed by atoms with van der Waals surface area (Å²) in [6, 6.07) is 5.25. The maximum Gasteiger partial charge on any atom is 0.418 e. The van der Waals surface area contributed by atoms with Crippen molar-refractivity contribution in [2.24, 2.45) is 0 Å². The number of fused-ring (bicyclic) bond motifs is 1. The Balaban J connectivity index is 1.65. The molecule has 3 heterocycles. The standard InChI is InChI=1S/C18H14ClF3N6O/c1-27(13-5-3-2-4-11(13)18(20,21)22)17-23-6-10-8-28(9-12(10)25-17)14-7-24-26-16(29)15(14)19/h2-7H,8-9H2,1H3,(H,26,29). The lowest BCUT2D eigenvalue weighted by Gasteiger charge is -2.22. The Kier molecular flexibility index (Phi) is 4.65. The van der Waals surface area contributed by atoms with Gasteiger partial charge < -0.3 is 9.80 Å².